The van der Waals surface area contributed by atoms with E-state index in [1.807, 2.05) is 13.8 Å². The summed E-state index contributed by atoms with van der Waals surface area (Å²) in [7, 11) is 1.47. The number of rotatable bonds is 22. The topological polar surface area (TPSA) is 180 Å². The molecular weight excluding hydrogens is 580 g/mol. The molecule has 0 bridgehead atoms. The fraction of sp³-hybridized carbons (Fsp3) is 0.548. The fourth-order valence-corrected chi connectivity index (χ4v) is 3.67. The average Bonchev–Trinajstić information content (AvgIpc) is 2.99. The second kappa shape index (κ2) is 20.0. The third-order valence-corrected chi connectivity index (χ3v) is 6.01. The quantitative estimate of drug-likeness (QED) is 0.0841. The summed E-state index contributed by atoms with van der Waals surface area (Å²) in [6.45, 7) is 3.14. The molecule has 0 radical (unpaired) electrons. The molecule has 0 saturated carbocycles. The molecule has 0 aliphatic carbocycles. The van der Waals surface area contributed by atoms with Crippen LogP contribution in [0.1, 0.15) is 33.2 Å². The lowest BCUT2D eigenvalue weighted by Gasteiger charge is -2.29. The van der Waals surface area contributed by atoms with Crippen molar-refractivity contribution in [3.8, 4) is 5.75 Å². The van der Waals surface area contributed by atoms with Crippen molar-refractivity contribution in [1.29, 1.82) is 0 Å². The highest BCUT2D eigenvalue weighted by atomic mass is 16.7. The van der Waals surface area contributed by atoms with Gasteiger partial charge in [-0.2, -0.15) is 0 Å². The summed E-state index contributed by atoms with van der Waals surface area (Å²) in [5, 5.41) is 39.5. The van der Waals surface area contributed by atoms with E-state index in [1.165, 1.54) is 31.4 Å². The number of hydrogen-bond donors (Lipinski definition) is 4. The van der Waals surface area contributed by atoms with Crippen molar-refractivity contribution in [2.75, 3.05) is 73.4 Å². The molecule has 13 heteroatoms. The number of methoxy groups -OCH3 is 1. The zero-order valence-corrected chi connectivity index (χ0v) is 25.4. The van der Waals surface area contributed by atoms with E-state index in [0.717, 1.165) is 5.56 Å². The van der Waals surface area contributed by atoms with Crippen molar-refractivity contribution in [2.24, 2.45) is 5.41 Å². The Morgan fingerprint density at radius 3 is 1.59 bits per heavy atom. The summed E-state index contributed by atoms with van der Waals surface area (Å²) in [5.41, 5.74) is 0.889. The standard InChI is InChI=1S/C31H44O13/c1-22-4-6-23(7-5-22)29(36)43-16-27(34)14-40-19-31(2,18-39-13-26(33)12-38-3)20-42-21-41-15-28(35)17-44-30(37)24-8-10-25(32)11-9-24/h4-11,26-28,32-35H,12-21H2,1-3H3. The van der Waals surface area contributed by atoms with Gasteiger partial charge >= 0.3 is 11.9 Å². The van der Waals surface area contributed by atoms with Crippen LogP contribution in [0.2, 0.25) is 0 Å². The molecule has 4 atom stereocenters. The molecular formula is C31H44O13. The molecule has 2 aromatic carbocycles. The summed E-state index contributed by atoms with van der Waals surface area (Å²) in [6, 6.07) is 12.4. The number of aliphatic hydroxyl groups excluding tert-OH is 3. The number of aliphatic hydroxyl groups is 3. The van der Waals surface area contributed by atoms with Crippen LogP contribution in [0.15, 0.2) is 48.5 Å². The zero-order valence-electron chi connectivity index (χ0n) is 25.4. The van der Waals surface area contributed by atoms with E-state index in [9.17, 15) is 30.0 Å². The number of carbonyl (C=O) groups excluding carboxylic acids is 2. The maximum absolute atomic E-state index is 12.2. The van der Waals surface area contributed by atoms with Crippen LogP contribution in [-0.2, 0) is 33.2 Å². The monoisotopic (exact) mass is 624 g/mol. The molecule has 0 aliphatic heterocycles. The molecule has 0 fully saturated rings. The van der Waals surface area contributed by atoms with Gasteiger partial charge < -0.3 is 53.6 Å². The third kappa shape index (κ3) is 15.0. The first-order valence-corrected chi connectivity index (χ1v) is 14.1. The first kappa shape index (κ1) is 37.0. The number of aromatic hydroxyl groups is 1. The van der Waals surface area contributed by atoms with Crippen LogP contribution in [0.4, 0.5) is 0 Å². The number of carbonyl (C=O) groups is 2. The largest absolute Gasteiger partial charge is 0.508 e. The van der Waals surface area contributed by atoms with Gasteiger partial charge in [0.1, 0.15) is 44.1 Å². The van der Waals surface area contributed by atoms with Crippen molar-refractivity contribution in [3.05, 3.63) is 65.2 Å². The highest BCUT2D eigenvalue weighted by Gasteiger charge is 2.27. The molecule has 13 nitrogen and oxygen atoms in total. The van der Waals surface area contributed by atoms with E-state index in [2.05, 4.69) is 0 Å². The van der Waals surface area contributed by atoms with Crippen LogP contribution < -0.4 is 0 Å². The molecule has 44 heavy (non-hydrogen) atoms. The molecule has 246 valence electrons. The minimum atomic E-state index is -1.10. The van der Waals surface area contributed by atoms with E-state index in [4.69, 9.17) is 33.2 Å². The lowest BCUT2D eigenvalue weighted by atomic mass is 9.94. The molecule has 4 N–H and O–H groups in total. The molecule has 0 spiro atoms. The van der Waals surface area contributed by atoms with Gasteiger partial charge in [-0.25, -0.2) is 9.59 Å². The Balaban J connectivity index is 1.73. The van der Waals surface area contributed by atoms with Crippen LogP contribution in [0.3, 0.4) is 0 Å². The minimum Gasteiger partial charge on any atom is -0.508 e. The van der Waals surface area contributed by atoms with Crippen molar-refractivity contribution < 1.29 is 63.2 Å². The lowest BCUT2D eigenvalue weighted by molar-refractivity contribution is -0.133. The Morgan fingerprint density at radius 2 is 1.09 bits per heavy atom. The molecule has 0 aliphatic rings. The Kier molecular flexibility index (Phi) is 16.8. The number of phenolic OH excluding ortho intramolecular Hbond substituents is 1. The second-order valence-electron chi connectivity index (χ2n) is 10.7. The average molecular weight is 625 g/mol. The van der Waals surface area contributed by atoms with Gasteiger partial charge in [0.2, 0.25) is 0 Å². The summed E-state index contributed by atoms with van der Waals surface area (Å²) in [6.07, 6.45) is -2.97. The number of hydrogen-bond acceptors (Lipinski definition) is 13. The van der Waals surface area contributed by atoms with Gasteiger partial charge in [-0.05, 0) is 43.3 Å². The third-order valence-electron chi connectivity index (χ3n) is 6.01. The normalized spacial score (nSPS) is 14.8. The Hall–Kier alpha value is -3.14. The number of esters is 2. The molecule has 0 amide bonds. The Labute approximate surface area is 257 Å². The van der Waals surface area contributed by atoms with Crippen molar-refractivity contribution >= 4 is 11.9 Å². The number of ether oxygens (including phenoxy) is 7. The highest BCUT2D eigenvalue weighted by Crippen LogP contribution is 2.19. The van der Waals surface area contributed by atoms with Crippen LogP contribution in [-0.4, -0.2) is 124 Å². The second-order valence-corrected chi connectivity index (χ2v) is 10.7. The van der Waals surface area contributed by atoms with Crippen molar-refractivity contribution in [3.63, 3.8) is 0 Å². The van der Waals surface area contributed by atoms with Gasteiger partial charge in [0.15, 0.2) is 0 Å². The van der Waals surface area contributed by atoms with Crippen molar-refractivity contribution in [2.45, 2.75) is 32.2 Å². The molecule has 0 heterocycles. The van der Waals surface area contributed by atoms with Gasteiger partial charge in [0, 0.05) is 12.5 Å². The van der Waals surface area contributed by atoms with Crippen LogP contribution >= 0.6 is 0 Å². The first-order chi connectivity index (χ1) is 21.0. The maximum Gasteiger partial charge on any atom is 0.338 e. The molecule has 0 aromatic heterocycles. The fourth-order valence-electron chi connectivity index (χ4n) is 3.67. The van der Waals surface area contributed by atoms with Gasteiger partial charge in [0.05, 0.1) is 57.4 Å². The van der Waals surface area contributed by atoms with Crippen molar-refractivity contribution in [1.82, 2.24) is 0 Å². The molecule has 0 saturated heterocycles. The predicted molar refractivity (Wildman–Crippen MR) is 156 cm³/mol. The molecule has 2 aromatic rings. The summed E-state index contributed by atoms with van der Waals surface area (Å²) in [4.78, 5) is 24.2. The van der Waals surface area contributed by atoms with E-state index >= 15 is 0 Å². The van der Waals surface area contributed by atoms with Crippen LogP contribution in [0, 0.1) is 12.3 Å². The molecule has 4 unspecified atom stereocenters. The number of phenols is 1. The zero-order chi connectivity index (χ0) is 32.4. The minimum absolute atomic E-state index is 0.0161. The maximum atomic E-state index is 12.2. The van der Waals surface area contributed by atoms with Crippen LogP contribution in [0.5, 0.6) is 5.75 Å². The van der Waals surface area contributed by atoms with E-state index in [1.54, 1.807) is 24.3 Å². The number of aryl methyl sites for hydroxylation is 1. The van der Waals surface area contributed by atoms with E-state index in [0.29, 0.717) is 5.56 Å². The molecule has 2 rings (SSSR count). The Bertz CT molecular complexity index is 1090. The highest BCUT2D eigenvalue weighted by molar-refractivity contribution is 5.89. The summed E-state index contributed by atoms with van der Waals surface area (Å²) >= 11 is 0. The SMILES string of the molecule is COCC(O)COCC(C)(COCOCC(O)COC(=O)c1ccc(O)cc1)COCC(O)COC(=O)c1ccc(C)cc1. The predicted octanol–water partition coefficient (Wildman–Crippen LogP) is 1.47. The first-order valence-electron chi connectivity index (χ1n) is 14.1. The Morgan fingerprint density at radius 1 is 0.659 bits per heavy atom. The van der Waals surface area contributed by atoms with E-state index < -0.39 is 35.7 Å². The lowest BCUT2D eigenvalue weighted by Crippen LogP contribution is -2.37. The van der Waals surface area contributed by atoms with Gasteiger partial charge in [0.25, 0.3) is 0 Å². The summed E-state index contributed by atoms with van der Waals surface area (Å²) < 4.78 is 37.4. The van der Waals surface area contributed by atoms with E-state index in [-0.39, 0.29) is 77.6 Å². The number of benzene rings is 2. The van der Waals surface area contributed by atoms with Crippen LogP contribution in [0.25, 0.3) is 0 Å². The summed E-state index contributed by atoms with van der Waals surface area (Å²) in [5.74, 6) is -1.19. The van der Waals surface area contributed by atoms with Gasteiger partial charge in [-0.1, -0.05) is 24.6 Å². The van der Waals surface area contributed by atoms with Gasteiger partial charge in [-0.3, -0.25) is 0 Å². The van der Waals surface area contributed by atoms with Gasteiger partial charge in [-0.15, -0.1) is 0 Å². The smallest absolute Gasteiger partial charge is 0.338 e.